The van der Waals surface area contributed by atoms with Crippen LogP contribution in [0.25, 0.3) is 0 Å². The molecule has 9 rings (SSSR count). The molecule has 0 aromatic heterocycles. The van der Waals surface area contributed by atoms with E-state index < -0.39 is 152 Å². The van der Waals surface area contributed by atoms with Gasteiger partial charge in [0.05, 0.1) is 44.2 Å². The minimum atomic E-state index is -4.04. The molecular formula is C76H118N10O14S2. The number of fused-ring (bicyclic) bond motifs is 2. The number of sulfone groups is 2. The van der Waals surface area contributed by atoms with E-state index in [1.165, 1.54) is 11.0 Å². The summed E-state index contributed by atoms with van der Waals surface area (Å²) < 4.78 is 54.4. The van der Waals surface area contributed by atoms with Gasteiger partial charge in [-0.25, -0.2) is 26.4 Å². The van der Waals surface area contributed by atoms with E-state index in [9.17, 15) is 55.2 Å². The van der Waals surface area contributed by atoms with Gasteiger partial charge in [-0.15, -0.1) is 18.9 Å². The van der Waals surface area contributed by atoms with Crippen LogP contribution in [0, 0.1) is 63.6 Å². The first-order valence-corrected chi connectivity index (χ1v) is 41.1. The third-order valence-corrected chi connectivity index (χ3v) is 31.2. The zero-order valence-corrected chi connectivity index (χ0v) is 64.1. The van der Waals surface area contributed by atoms with Crippen LogP contribution in [0.4, 0.5) is 9.59 Å². The summed E-state index contributed by atoms with van der Waals surface area (Å²) in [7, 11) is -7.69. The number of terminal acetylenes is 1. The van der Waals surface area contributed by atoms with Gasteiger partial charge in [-0.1, -0.05) is 137 Å². The average molecular weight is 1460 g/mol. The Morgan fingerprint density at radius 1 is 0.549 bits per heavy atom. The highest BCUT2D eigenvalue weighted by Crippen LogP contribution is 2.66. The van der Waals surface area contributed by atoms with E-state index >= 15 is 9.59 Å². The number of piperidine rings is 2. The van der Waals surface area contributed by atoms with Crippen molar-refractivity contribution in [2.45, 2.75) is 287 Å². The molecular weight excluding hydrogens is 1340 g/mol. The molecule has 7 saturated carbocycles. The number of amides is 10. The van der Waals surface area contributed by atoms with Gasteiger partial charge in [0.1, 0.15) is 24.2 Å². The number of Topliss-reactive ketones (excluding diaryl/α,β-unsaturated/α-hetero) is 2. The fraction of sp³-hybridized carbons (Fsp3) is 0.789. The summed E-state index contributed by atoms with van der Waals surface area (Å²) in [5, 5.41) is 23.0. The molecule has 9 fully saturated rings. The predicted octanol–water partition coefficient (Wildman–Crippen LogP) is 6.95. The molecule has 0 bridgehead atoms. The third-order valence-electron chi connectivity index (χ3n) is 25.7. The number of nitrogens with one attached hydrogen (secondary N) is 8. The number of hydrogen-bond acceptors (Lipinski definition) is 14. The van der Waals surface area contributed by atoms with Gasteiger partial charge in [-0.3, -0.25) is 38.4 Å². The van der Waals surface area contributed by atoms with Crippen LogP contribution in [0.5, 0.6) is 0 Å². The molecule has 0 radical (unpaired) electrons. The standard InChI is InChI=1S/C76H118N10O14S2/c1-14-16-29-51(57(87)63(91)77-41-15-2)79-61(89)55-53-49(71(53,8)9)44-85(55)65(93)59(73(12)33-23-24-34-73)82-68(96)84-76(39-21-18-22-40-76)47-102(99,100)70(6,7)32-27-28-42-78-64(92)58(88)52(43-48-30-31-48)80-62(90)56-54-50(72(54,10)11)45-86(56)66(94)60(74(13)35-25-26-36-74)81-67(95)83-75(37-19-17-20-38-75)46-101(97,98)69(3,4)5/h1,15,27-28,48-56,59-60H,2,16-26,29-47H2,3-13H3,(H,77,91)(H,78,92)(H,79,89)(H,80,90)(H2,81,83,95)(H2,82,84,96)/b28-27+/t49?,50?,51?,52?,53?,54?,55-,56-,59+,60+/m0/s1. The first-order chi connectivity index (χ1) is 47.6. The van der Waals surface area contributed by atoms with Crippen molar-refractivity contribution < 1.29 is 64.8 Å². The Morgan fingerprint density at radius 2 is 0.951 bits per heavy atom. The number of ketones is 2. The fourth-order valence-electron chi connectivity index (χ4n) is 18.3. The molecule has 568 valence electrons. The van der Waals surface area contributed by atoms with E-state index in [-0.39, 0.29) is 98.0 Å². The number of rotatable bonds is 31. The number of hydrogen-bond donors (Lipinski definition) is 8. The maximum absolute atomic E-state index is 15.3. The molecule has 9 aliphatic rings. The second-order valence-corrected chi connectivity index (χ2v) is 40.7. The van der Waals surface area contributed by atoms with Crippen LogP contribution in [0.2, 0.25) is 0 Å². The maximum atomic E-state index is 15.3. The molecule has 2 aliphatic heterocycles. The Hall–Kier alpha value is -6.36. The zero-order chi connectivity index (χ0) is 75.0. The van der Waals surface area contributed by atoms with Crippen molar-refractivity contribution in [2.24, 2.45) is 51.2 Å². The van der Waals surface area contributed by atoms with Crippen molar-refractivity contribution in [1.82, 2.24) is 52.3 Å². The minimum Gasteiger partial charge on any atom is -0.346 e. The summed E-state index contributed by atoms with van der Waals surface area (Å²) in [6.07, 6.45) is 24.0. The smallest absolute Gasteiger partial charge is 0.315 e. The SMILES string of the molecule is C#CCCC(NC(=O)[C@@H]1C2C(CN1C(=O)[C@@H](NC(=O)NC1(CS(=O)(=O)C(C)(C)C/C=C/CNC(=O)C(=O)C(CC3CC3)NC(=O)[C@@H]3C4C(CN3C(=O)[C@@H](NC(=O)NC3(CS(=O)(=O)C(C)(C)C)CCCCC3)C3(C)CCCC3)C4(C)C)CCCCC1)C1(C)CCCC1)C2(C)C)C(=O)C(=O)NCC=C. The lowest BCUT2D eigenvalue weighted by molar-refractivity contribution is -0.145. The van der Waals surface area contributed by atoms with Crippen LogP contribution >= 0.6 is 0 Å². The first kappa shape index (κ1) is 79.8. The Balaban J connectivity index is 0.827. The fourth-order valence-corrected chi connectivity index (χ4v) is 21.7. The quantitative estimate of drug-likeness (QED) is 0.0198. The van der Waals surface area contributed by atoms with Crippen molar-refractivity contribution in [1.29, 1.82) is 0 Å². The Labute approximate surface area is 605 Å². The highest BCUT2D eigenvalue weighted by molar-refractivity contribution is 7.93. The van der Waals surface area contributed by atoms with E-state index in [0.717, 1.165) is 64.2 Å². The summed E-state index contributed by atoms with van der Waals surface area (Å²) in [6.45, 7) is 24.1. The number of carbonyl (C=O) groups is 10. The second kappa shape index (κ2) is 30.6. The van der Waals surface area contributed by atoms with Crippen molar-refractivity contribution in [3.05, 3.63) is 24.8 Å². The molecule has 102 heavy (non-hydrogen) atoms. The molecule has 6 unspecified atom stereocenters. The molecule has 0 aromatic carbocycles. The van der Waals surface area contributed by atoms with Crippen molar-refractivity contribution >= 4 is 78.7 Å². The molecule has 10 atom stereocenters. The first-order valence-electron chi connectivity index (χ1n) is 37.8. The second-order valence-electron chi connectivity index (χ2n) is 35.3. The number of urea groups is 2. The molecule has 2 saturated heterocycles. The molecule has 7 aliphatic carbocycles. The highest BCUT2D eigenvalue weighted by Gasteiger charge is 2.72. The highest BCUT2D eigenvalue weighted by atomic mass is 32.2. The van der Waals surface area contributed by atoms with Gasteiger partial charge in [0.25, 0.3) is 11.8 Å². The molecule has 0 spiro atoms. The van der Waals surface area contributed by atoms with E-state index in [2.05, 4.69) is 55.0 Å². The maximum Gasteiger partial charge on any atom is 0.315 e. The minimum absolute atomic E-state index is 0.000708. The van der Waals surface area contributed by atoms with Crippen molar-refractivity contribution in [3.8, 4) is 12.3 Å². The van der Waals surface area contributed by atoms with Crippen LogP contribution in [-0.2, 0) is 58.0 Å². The van der Waals surface area contributed by atoms with Crippen molar-refractivity contribution in [3.63, 3.8) is 0 Å². The summed E-state index contributed by atoms with van der Waals surface area (Å²) in [6, 6.07) is -7.98. The number of likely N-dealkylation sites (tertiary alicyclic amines) is 2. The van der Waals surface area contributed by atoms with Gasteiger partial charge in [-0.2, -0.15) is 0 Å². The van der Waals surface area contributed by atoms with E-state index in [0.29, 0.717) is 64.2 Å². The van der Waals surface area contributed by atoms with E-state index in [1.54, 1.807) is 51.7 Å². The molecule has 2 heterocycles. The lowest BCUT2D eigenvalue weighted by Gasteiger charge is -2.42. The molecule has 26 heteroatoms. The molecule has 10 amide bonds. The van der Waals surface area contributed by atoms with Crippen LogP contribution in [0.15, 0.2) is 24.8 Å². The van der Waals surface area contributed by atoms with Gasteiger partial charge in [0, 0.05) is 32.6 Å². The number of carbonyl (C=O) groups excluding carboxylic acids is 10. The molecule has 8 N–H and O–H groups in total. The van der Waals surface area contributed by atoms with Crippen molar-refractivity contribution in [2.75, 3.05) is 37.7 Å². The molecule has 0 aromatic rings. The topological polar surface area (TPSA) is 342 Å². The average Bonchev–Trinajstić information content (AvgIpc) is 1.53. The Kier molecular flexibility index (Phi) is 23.9. The lowest BCUT2D eigenvalue weighted by Crippen LogP contribution is -2.64. The zero-order valence-electron chi connectivity index (χ0n) is 62.5. The summed E-state index contributed by atoms with van der Waals surface area (Å²) >= 11 is 0. The third kappa shape index (κ3) is 17.3. The molecule has 24 nitrogen and oxygen atoms in total. The normalized spacial score (nSPS) is 26.8. The largest absolute Gasteiger partial charge is 0.346 e. The Morgan fingerprint density at radius 3 is 1.36 bits per heavy atom. The van der Waals surface area contributed by atoms with Gasteiger partial charge in [-0.05, 0) is 156 Å². The van der Waals surface area contributed by atoms with Gasteiger partial charge >= 0.3 is 12.1 Å². The van der Waals surface area contributed by atoms with E-state index in [1.807, 2.05) is 41.5 Å². The van der Waals surface area contributed by atoms with Gasteiger partial charge < -0.3 is 52.3 Å². The summed E-state index contributed by atoms with van der Waals surface area (Å²) in [5.41, 5.74) is -4.27. The van der Waals surface area contributed by atoms with Crippen LogP contribution in [0.1, 0.15) is 230 Å². The Bertz CT molecular complexity index is 3540. The summed E-state index contributed by atoms with van der Waals surface area (Å²) in [5.74, 6) is -4.35. The predicted molar refractivity (Wildman–Crippen MR) is 389 cm³/mol. The lowest BCUT2D eigenvalue weighted by atomic mass is 9.79. The number of allylic oxidation sites excluding steroid dienone is 1. The van der Waals surface area contributed by atoms with Gasteiger partial charge in [0.15, 0.2) is 19.7 Å². The monoisotopic (exact) mass is 1460 g/mol. The van der Waals surface area contributed by atoms with Crippen LogP contribution < -0.4 is 42.5 Å². The number of nitrogens with zero attached hydrogens (tertiary/aromatic N) is 2. The van der Waals surface area contributed by atoms with Crippen LogP contribution in [-0.4, -0.2) is 180 Å². The van der Waals surface area contributed by atoms with E-state index in [4.69, 9.17) is 6.42 Å². The van der Waals surface area contributed by atoms with Gasteiger partial charge in [0.2, 0.25) is 35.2 Å². The van der Waals surface area contributed by atoms with Crippen LogP contribution in [0.3, 0.4) is 0 Å². The summed E-state index contributed by atoms with van der Waals surface area (Å²) in [4.78, 5) is 146.